The number of carbonyl (C=O) groups is 2. The Kier molecular flexibility index (Phi) is 6.91. The van der Waals surface area contributed by atoms with Gasteiger partial charge >= 0.3 is 5.97 Å². The third kappa shape index (κ3) is 5.48. The fourth-order valence-corrected chi connectivity index (χ4v) is 2.13. The van der Waals surface area contributed by atoms with Gasteiger partial charge in [-0.1, -0.05) is 18.2 Å². The average Bonchev–Trinajstić information content (AvgIpc) is 2.60. The molecule has 0 aliphatic rings. The standard InChI is InChI=1S/C18H21N3O3/c1-2-24-18(23)15-7-3-4-8-16(15)21-17(22)9-11-20-13-14-6-5-10-19-12-14/h3-8,10,12,20H,2,9,11,13H2,1H3,(H,21,22). The van der Waals surface area contributed by atoms with E-state index in [-0.39, 0.29) is 5.91 Å². The Balaban J connectivity index is 1.81. The van der Waals surface area contributed by atoms with Crippen LogP contribution >= 0.6 is 0 Å². The Bertz CT molecular complexity index is 674. The molecule has 1 amide bonds. The number of benzene rings is 1. The van der Waals surface area contributed by atoms with Crippen LogP contribution in [0.1, 0.15) is 29.3 Å². The number of ether oxygens (including phenoxy) is 1. The van der Waals surface area contributed by atoms with Crippen molar-refractivity contribution >= 4 is 17.6 Å². The fourth-order valence-electron chi connectivity index (χ4n) is 2.13. The van der Waals surface area contributed by atoms with Crippen molar-refractivity contribution in [1.29, 1.82) is 0 Å². The summed E-state index contributed by atoms with van der Waals surface area (Å²) >= 11 is 0. The molecule has 6 heteroatoms. The van der Waals surface area contributed by atoms with Crippen molar-refractivity contribution in [3.8, 4) is 0 Å². The summed E-state index contributed by atoms with van der Waals surface area (Å²) in [6.07, 6.45) is 3.80. The van der Waals surface area contributed by atoms with Crippen LogP contribution in [-0.4, -0.2) is 30.0 Å². The molecule has 0 unspecified atom stereocenters. The van der Waals surface area contributed by atoms with Crippen LogP contribution in [0, 0.1) is 0 Å². The molecule has 0 saturated heterocycles. The van der Waals surface area contributed by atoms with Gasteiger partial charge < -0.3 is 15.4 Å². The Labute approximate surface area is 141 Å². The van der Waals surface area contributed by atoms with Crippen molar-refractivity contribution in [2.24, 2.45) is 0 Å². The van der Waals surface area contributed by atoms with Crippen LogP contribution in [-0.2, 0) is 16.1 Å². The zero-order chi connectivity index (χ0) is 17.2. The molecule has 1 aromatic heterocycles. The molecule has 2 N–H and O–H groups in total. The maximum Gasteiger partial charge on any atom is 0.340 e. The third-order valence-electron chi connectivity index (χ3n) is 3.28. The van der Waals surface area contributed by atoms with Gasteiger partial charge in [0.1, 0.15) is 0 Å². The topological polar surface area (TPSA) is 80.3 Å². The Morgan fingerprint density at radius 1 is 1.17 bits per heavy atom. The summed E-state index contributed by atoms with van der Waals surface area (Å²) in [6.45, 7) is 3.22. The number of amides is 1. The maximum absolute atomic E-state index is 12.0. The molecule has 2 rings (SSSR count). The van der Waals surface area contributed by atoms with Gasteiger partial charge in [0.05, 0.1) is 17.9 Å². The van der Waals surface area contributed by atoms with Crippen LogP contribution in [0.25, 0.3) is 0 Å². The predicted octanol–water partition coefficient (Wildman–Crippen LogP) is 2.38. The number of esters is 1. The summed E-state index contributed by atoms with van der Waals surface area (Å²) in [7, 11) is 0. The van der Waals surface area contributed by atoms with Gasteiger partial charge in [0.25, 0.3) is 0 Å². The molecule has 0 aliphatic carbocycles. The summed E-state index contributed by atoms with van der Waals surface area (Å²) in [4.78, 5) is 27.9. The number of hydrogen-bond acceptors (Lipinski definition) is 5. The molecular formula is C18H21N3O3. The summed E-state index contributed by atoms with van der Waals surface area (Å²) in [5.74, 6) is -0.603. The molecule has 0 aliphatic heterocycles. The minimum absolute atomic E-state index is 0.162. The highest BCUT2D eigenvalue weighted by Crippen LogP contribution is 2.16. The number of nitrogens with zero attached hydrogens (tertiary/aromatic N) is 1. The molecule has 0 saturated carbocycles. The van der Waals surface area contributed by atoms with E-state index in [2.05, 4.69) is 15.6 Å². The third-order valence-corrected chi connectivity index (χ3v) is 3.28. The number of hydrogen-bond donors (Lipinski definition) is 2. The fraction of sp³-hybridized carbons (Fsp3) is 0.278. The van der Waals surface area contributed by atoms with Crippen LogP contribution in [0.5, 0.6) is 0 Å². The second-order valence-corrected chi connectivity index (χ2v) is 5.10. The molecule has 0 atom stereocenters. The van der Waals surface area contributed by atoms with Crippen molar-refractivity contribution in [3.05, 3.63) is 59.9 Å². The van der Waals surface area contributed by atoms with Gasteiger partial charge in [0.2, 0.25) is 5.91 Å². The normalized spacial score (nSPS) is 10.2. The SMILES string of the molecule is CCOC(=O)c1ccccc1NC(=O)CCNCc1cccnc1. The molecule has 0 spiro atoms. The predicted molar refractivity (Wildman–Crippen MR) is 91.6 cm³/mol. The van der Waals surface area contributed by atoms with Gasteiger partial charge in [-0.15, -0.1) is 0 Å². The second kappa shape index (κ2) is 9.42. The lowest BCUT2D eigenvalue weighted by Gasteiger charge is -2.10. The minimum atomic E-state index is -0.442. The monoisotopic (exact) mass is 327 g/mol. The van der Waals surface area contributed by atoms with E-state index < -0.39 is 5.97 Å². The molecule has 1 heterocycles. The quantitative estimate of drug-likeness (QED) is 0.575. The van der Waals surface area contributed by atoms with Crippen molar-refractivity contribution in [1.82, 2.24) is 10.3 Å². The maximum atomic E-state index is 12.0. The first-order valence-corrected chi connectivity index (χ1v) is 7.86. The lowest BCUT2D eigenvalue weighted by Crippen LogP contribution is -2.22. The highest BCUT2D eigenvalue weighted by molar-refractivity contribution is 6.01. The molecule has 6 nitrogen and oxygen atoms in total. The number of para-hydroxylation sites is 1. The number of aromatic nitrogens is 1. The second-order valence-electron chi connectivity index (χ2n) is 5.10. The minimum Gasteiger partial charge on any atom is -0.462 e. The number of carbonyl (C=O) groups excluding carboxylic acids is 2. The van der Waals surface area contributed by atoms with E-state index in [0.717, 1.165) is 5.56 Å². The molecule has 0 bridgehead atoms. The molecule has 126 valence electrons. The van der Waals surface area contributed by atoms with E-state index in [0.29, 0.717) is 37.4 Å². The van der Waals surface area contributed by atoms with E-state index in [1.807, 2.05) is 12.1 Å². The van der Waals surface area contributed by atoms with Crippen LogP contribution in [0.15, 0.2) is 48.8 Å². The van der Waals surface area contributed by atoms with Gasteiger partial charge in [0.15, 0.2) is 0 Å². The van der Waals surface area contributed by atoms with E-state index in [1.165, 1.54) is 0 Å². The summed E-state index contributed by atoms with van der Waals surface area (Å²) in [5.41, 5.74) is 1.88. The summed E-state index contributed by atoms with van der Waals surface area (Å²) in [6, 6.07) is 10.7. The van der Waals surface area contributed by atoms with Crippen LogP contribution < -0.4 is 10.6 Å². The molecule has 0 radical (unpaired) electrons. The number of anilines is 1. The van der Waals surface area contributed by atoms with Crippen molar-refractivity contribution in [3.63, 3.8) is 0 Å². The van der Waals surface area contributed by atoms with Crippen LogP contribution in [0.2, 0.25) is 0 Å². The zero-order valence-corrected chi connectivity index (χ0v) is 13.6. The van der Waals surface area contributed by atoms with Gasteiger partial charge in [0, 0.05) is 31.9 Å². The number of pyridine rings is 1. The van der Waals surface area contributed by atoms with Gasteiger partial charge in [-0.05, 0) is 30.7 Å². The van der Waals surface area contributed by atoms with Crippen molar-refractivity contribution in [2.45, 2.75) is 19.9 Å². The first-order valence-electron chi connectivity index (χ1n) is 7.86. The first-order chi connectivity index (χ1) is 11.7. The van der Waals surface area contributed by atoms with Crippen molar-refractivity contribution in [2.75, 3.05) is 18.5 Å². The Morgan fingerprint density at radius 3 is 2.75 bits per heavy atom. The van der Waals surface area contributed by atoms with E-state index >= 15 is 0 Å². The summed E-state index contributed by atoms with van der Waals surface area (Å²) < 4.78 is 4.99. The van der Waals surface area contributed by atoms with E-state index in [9.17, 15) is 9.59 Å². The van der Waals surface area contributed by atoms with Crippen molar-refractivity contribution < 1.29 is 14.3 Å². The van der Waals surface area contributed by atoms with E-state index in [1.54, 1.807) is 43.6 Å². The lowest BCUT2D eigenvalue weighted by atomic mass is 10.1. The largest absolute Gasteiger partial charge is 0.462 e. The van der Waals surface area contributed by atoms with Gasteiger partial charge in [-0.25, -0.2) is 4.79 Å². The highest BCUT2D eigenvalue weighted by atomic mass is 16.5. The van der Waals surface area contributed by atoms with Gasteiger partial charge in [-0.2, -0.15) is 0 Å². The molecule has 2 aromatic rings. The first kappa shape index (κ1) is 17.6. The number of rotatable bonds is 8. The number of nitrogens with one attached hydrogen (secondary N) is 2. The zero-order valence-electron chi connectivity index (χ0n) is 13.6. The lowest BCUT2D eigenvalue weighted by molar-refractivity contribution is -0.116. The molecular weight excluding hydrogens is 306 g/mol. The average molecular weight is 327 g/mol. The smallest absolute Gasteiger partial charge is 0.340 e. The van der Waals surface area contributed by atoms with Crippen LogP contribution in [0.3, 0.4) is 0 Å². The molecule has 1 aromatic carbocycles. The summed E-state index contributed by atoms with van der Waals surface area (Å²) in [5, 5.41) is 5.94. The highest BCUT2D eigenvalue weighted by Gasteiger charge is 2.13. The van der Waals surface area contributed by atoms with Crippen LogP contribution in [0.4, 0.5) is 5.69 Å². The Morgan fingerprint density at radius 2 is 2.00 bits per heavy atom. The van der Waals surface area contributed by atoms with E-state index in [4.69, 9.17) is 4.74 Å². The van der Waals surface area contributed by atoms with Gasteiger partial charge in [-0.3, -0.25) is 9.78 Å². The molecule has 0 fully saturated rings. The molecule has 24 heavy (non-hydrogen) atoms. The Hall–Kier alpha value is -2.73.